The molecule has 0 aliphatic heterocycles. The van der Waals surface area contributed by atoms with E-state index in [-0.39, 0.29) is 5.78 Å². The third-order valence-corrected chi connectivity index (χ3v) is 1.75. The molecule has 0 rings (SSSR count). The summed E-state index contributed by atoms with van der Waals surface area (Å²) in [5, 5.41) is 0. The highest BCUT2D eigenvalue weighted by atomic mass is 16.1. The molecule has 0 aromatic heterocycles. The number of Topliss-reactive ketones (excluding diaryl/α,β-unsaturated/α-hetero) is 1. The first-order valence-corrected chi connectivity index (χ1v) is 4.42. The fourth-order valence-corrected chi connectivity index (χ4v) is 1.07. The van der Waals surface area contributed by atoms with Gasteiger partial charge in [0.1, 0.15) is 5.71 Å². The van der Waals surface area contributed by atoms with Crippen LogP contribution in [0.1, 0.15) is 20.8 Å². The van der Waals surface area contributed by atoms with Crippen LogP contribution in [-0.2, 0) is 4.79 Å². The zero-order valence-electron chi connectivity index (χ0n) is 9.16. The third kappa shape index (κ3) is 3.51. The van der Waals surface area contributed by atoms with Crippen LogP contribution in [0.4, 0.5) is 0 Å². The van der Waals surface area contributed by atoms with Crippen LogP contribution in [0.3, 0.4) is 0 Å². The van der Waals surface area contributed by atoms with Crippen LogP contribution in [0.15, 0.2) is 21.3 Å². The molecule has 0 amide bonds. The summed E-state index contributed by atoms with van der Waals surface area (Å²) >= 11 is 0. The zero-order chi connectivity index (χ0) is 11.1. The molecular formula is C10H17N3O. The SMILES string of the molecule is CC=NCC(C(=NC)C(C)=O)=C(C)N. The van der Waals surface area contributed by atoms with Crippen molar-refractivity contribution in [3.8, 4) is 0 Å². The van der Waals surface area contributed by atoms with Crippen LogP contribution in [0.5, 0.6) is 0 Å². The highest BCUT2D eigenvalue weighted by molar-refractivity contribution is 6.45. The molecule has 0 aromatic rings. The van der Waals surface area contributed by atoms with E-state index in [1.807, 2.05) is 6.92 Å². The molecule has 0 saturated carbocycles. The number of nitrogens with zero attached hydrogens (tertiary/aromatic N) is 2. The molecular weight excluding hydrogens is 178 g/mol. The molecule has 0 fully saturated rings. The quantitative estimate of drug-likeness (QED) is 0.679. The van der Waals surface area contributed by atoms with Gasteiger partial charge in [0.15, 0.2) is 5.78 Å². The number of hydrogen-bond donors (Lipinski definition) is 1. The smallest absolute Gasteiger partial charge is 0.178 e. The van der Waals surface area contributed by atoms with Crippen molar-refractivity contribution in [1.29, 1.82) is 0 Å². The first-order chi connectivity index (χ1) is 6.54. The predicted octanol–water partition coefficient (Wildman–Crippen LogP) is 0.970. The second kappa shape index (κ2) is 6.07. The van der Waals surface area contributed by atoms with Crippen molar-refractivity contribution in [3.63, 3.8) is 0 Å². The van der Waals surface area contributed by atoms with Crippen molar-refractivity contribution in [2.75, 3.05) is 13.6 Å². The van der Waals surface area contributed by atoms with E-state index in [0.717, 1.165) is 0 Å². The lowest BCUT2D eigenvalue weighted by molar-refractivity contribution is -0.111. The van der Waals surface area contributed by atoms with Crippen molar-refractivity contribution in [1.82, 2.24) is 0 Å². The number of carbonyl (C=O) groups is 1. The summed E-state index contributed by atoms with van der Waals surface area (Å²) in [6, 6.07) is 0. The number of carbonyl (C=O) groups excluding carboxylic acids is 1. The summed E-state index contributed by atoms with van der Waals surface area (Å²) in [6.07, 6.45) is 1.68. The van der Waals surface area contributed by atoms with E-state index in [1.165, 1.54) is 6.92 Å². The van der Waals surface area contributed by atoms with Crippen molar-refractivity contribution >= 4 is 17.7 Å². The molecule has 78 valence electrons. The molecule has 14 heavy (non-hydrogen) atoms. The largest absolute Gasteiger partial charge is 0.402 e. The lowest BCUT2D eigenvalue weighted by Gasteiger charge is -2.07. The van der Waals surface area contributed by atoms with Crippen LogP contribution in [0.2, 0.25) is 0 Å². The highest BCUT2D eigenvalue weighted by Gasteiger charge is 2.12. The summed E-state index contributed by atoms with van der Waals surface area (Å²) in [4.78, 5) is 19.2. The summed E-state index contributed by atoms with van der Waals surface area (Å²) in [6.45, 7) is 5.45. The van der Waals surface area contributed by atoms with Crippen LogP contribution in [-0.4, -0.2) is 31.3 Å². The minimum Gasteiger partial charge on any atom is -0.402 e. The predicted molar refractivity (Wildman–Crippen MR) is 60.0 cm³/mol. The van der Waals surface area contributed by atoms with Gasteiger partial charge in [-0.2, -0.15) is 0 Å². The molecule has 0 spiro atoms. The summed E-state index contributed by atoms with van der Waals surface area (Å²) < 4.78 is 0. The molecule has 4 heteroatoms. The van der Waals surface area contributed by atoms with Crippen LogP contribution in [0.25, 0.3) is 0 Å². The van der Waals surface area contributed by atoms with Gasteiger partial charge in [0, 0.05) is 25.2 Å². The van der Waals surface area contributed by atoms with Gasteiger partial charge >= 0.3 is 0 Å². The number of hydrogen-bond acceptors (Lipinski definition) is 4. The van der Waals surface area contributed by atoms with Crippen molar-refractivity contribution < 1.29 is 4.79 Å². The molecule has 0 aliphatic carbocycles. The van der Waals surface area contributed by atoms with Gasteiger partial charge in [0.2, 0.25) is 0 Å². The molecule has 4 nitrogen and oxygen atoms in total. The zero-order valence-corrected chi connectivity index (χ0v) is 9.16. The number of rotatable bonds is 4. The number of ketones is 1. The van der Waals surface area contributed by atoms with E-state index in [4.69, 9.17) is 5.73 Å². The highest BCUT2D eigenvalue weighted by Crippen LogP contribution is 2.04. The number of aliphatic imine (C=N–C) groups is 2. The van der Waals surface area contributed by atoms with Crippen molar-refractivity contribution in [2.24, 2.45) is 15.7 Å². The Morgan fingerprint density at radius 2 is 2.00 bits per heavy atom. The fraction of sp³-hybridized carbons (Fsp3) is 0.500. The van der Waals surface area contributed by atoms with Crippen LogP contribution < -0.4 is 5.73 Å². The van der Waals surface area contributed by atoms with E-state index in [2.05, 4.69) is 9.98 Å². The van der Waals surface area contributed by atoms with Gasteiger partial charge in [-0.25, -0.2) is 0 Å². The van der Waals surface area contributed by atoms with Crippen LogP contribution >= 0.6 is 0 Å². The monoisotopic (exact) mass is 195 g/mol. The maximum Gasteiger partial charge on any atom is 0.178 e. The van der Waals surface area contributed by atoms with Gasteiger partial charge in [-0.15, -0.1) is 0 Å². The van der Waals surface area contributed by atoms with E-state index in [0.29, 0.717) is 23.5 Å². The lowest BCUT2D eigenvalue weighted by Crippen LogP contribution is -2.19. The molecule has 2 N–H and O–H groups in total. The maximum absolute atomic E-state index is 11.2. The first-order valence-electron chi connectivity index (χ1n) is 4.42. The molecule has 0 unspecified atom stereocenters. The molecule has 0 bridgehead atoms. The topological polar surface area (TPSA) is 67.8 Å². The normalized spacial score (nSPS) is 14.4. The molecule has 0 aliphatic rings. The van der Waals surface area contributed by atoms with E-state index in [9.17, 15) is 4.79 Å². The van der Waals surface area contributed by atoms with Gasteiger partial charge in [0.05, 0.1) is 6.54 Å². The standard InChI is InChI=1S/C10H17N3O/c1-5-13-6-9(7(2)11)10(12-4)8(3)14/h5H,6,11H2,1-4H3. The first kappa shape index (κ1) is 12.6. The summed E-state index contributed by atoms with van der Waals surface area (Å²) in [5.41, 5.74) is 7.37. The Balaban J connectivity index is 5.03. The number of allylic oxidation sites excluding steroid dienone is 1. The second-order valence-corrected chi connectivity index (χ2v) is 2.89. The van der Waals surface area contributed by atoms with Gasteiger partial charge in [-0.05, 0) is 20.1 Å². The fourth-order valence-electron chi connectivity index (χ4n) is 1.07. The lowest BCUT2D eigenvalue weighted by atomic mass is 10.1. The summed E-state index contributed by atoms with van der Waals surface area (Å²) in [7, 11) is 1.58. The average molecular weight is 195 g/mol. The second-order valence-electron chi connectivity index (χ2n) is 2.89. The van der Waals surface area contributed by atoms with Crippen molar-refractivity contribution in [2.45, 2.75) is 20.8 Å². The molecule has 0 heterocycles. The minimum absolute atomic E-state index is 0.0846. The van der Waals surface area contributed by atoms with Gasteiger partial charge in [-0.1, -0.05) is 0 Å². The van der Waals surface area contributed by atoms with Crippen molar-refractivity contribution in [3.05, 3.63) is 11.3 Å². The third-order valence-electron chi connectivity index (χ3n) is 1.75. The molecule has 0 radical (unpaired) electrons. The van der Waals surface area contributed by atoms with Gasteiger partial charge in [0.25, 0.3) is 0 Å². The average Bonchev–Trinajstić information content (AvgIpc) is 2.10. The Labute approximate surface area is 84.6 Å². The van der Waals surface area contributed by atoms with Gasteiger partial charge in [-0.3, -0.25) is 14.8 Å². The molecule has 0 atom stereocenters. The Morgan fingerprint density at radius 1 is 1.43 bits per heavy atom. The Hall–Kier alpha value is -1.45. The van der Waals surface area contributed by atoms with E-state index >= 15 is 0 Å². The van der Waals surface area contributed by atoms with Crippen LogP contribution in [0, 0.1) is 0 Å². The Kier molecular flexibility index (Phi) is 5.44. The molecule has 0 saturated heterocycles. The Bertz CT molecular complexity index is 296. The maximum atomic E-state index is 11.2. The van der Waals surface area contributed by atoms with E-state index < -0.39 is 0 Å². The Morgan fingerprint density at radius 3 is 2.29 bits per heavy atom. The van der Waals surface area contributed by atoms with Gasteiger partial charge < -0.3 is 5.73 Å². The van der Waals surface area contributed by atoms with E-state index in [1.54, 1.807) is 20.2 Å². The number of nitrogens with two attached hydrogens (primary N) is 1. The minimum atomic E-state index is -0.0846. The molecule has 0 aromatic carbocycles. The summed E-state index contributed by atoms with van der Waals surface area (Å²) in [5.74, 6) is -0.0846.